The summed E-state index contributed by atoms with van der Waals surface area (Å²) in [5.41, 5.74) is 2.96. The predicted octanol–water partition coefficient (Wildman–Crippen LogP) is 4.70. The van der Waals surface area contributed by atoms with E-state index in [4.69, 9.17) is 11.6 Å². The maximum atomic E-state index is 13.2. The normalized spacial score (nSPS) is 11.7. The summed E-state index contributed by atoms with van der Waals surface area (Å²) in [6.07, 6.45) is 5.96. The first-order valence-corrected chi connectivity index (χ1v) is 7.63. The third-order valence-electron chi connectivity index (χ3n) is 3.53. The fourth-order valence-corrected chi connectivity index (χ4v) is 2.52. The van der Waals surface area contributed by atoms with Crippen LogP contribution in [0.1, 0.15) is 17.5 Å². The number of hydrogen-bond donors (Lipinski definition) is 0. The van der Waals surface area contributed by atoms with Crippen LogP contribution in [0.4, 0.5) is 4.39 Å². The highest BCUT2D eigenvalue weighted by molar-refractivity contribution is 6.32. The quantitative estimate of drug-likeness (QED) is 0.636. The van der Waals surface area contributed by atoms with Gasteiger partial charge in [0.1, 0.15) is 18.5 Å². The molecule has 116 valence electrons. The molecule has 0 N–H and O–H groups in total. The molecule has 5 heteroatoms. The van der Waals surface area contributed by atoms with Gasteiger partial charge in [0, 0.05) is 11.6 Å². The SMILES string of the molecule is Fc1ccc(/C(=C\c2ccccc2Cl)CCn2cncn2)cc1. The second-order valence-corrected chi connectivity index (χ2v) is 5.51. The van der Waals surface area contributed by atoms with Gasteiger partial charge in [-0.1, -0.05) is 41.9 Å². The van der Waals surface area contributed by atoms with Crippen molar-refractivity contribution in [2.75, 3.05) is 0 Å². The molecule has 0 unspecified atom stereocenters. The first-order chi connectivity index (χ1) is 11.2. The van der Waals surface area contributed by atoms with E-state index in [0.29, 0.717) is 11.6 Å². The van der Waals surface area contributed by atoms with Crippen molar-refractivity contribution in [3.63, 3.8) is 0 Å². The Morgan fingerprint density at radius 2 is 1.91 bits per heavy atom. The van der Waals surface area contributed by atoms with Crippen LogP contribution in [0.3, 0.4) is 0 Å². The number of aromatic nitrogens is 3. The number of benzene rings is 2. The van der Waals surface area contributed by atoms with E-state index in [2.05, 4.69) is 10.1 Å². The summed E-state index contributed by atoms with van der Waals surface area (Å²) in [5.74, 6) is -0.248. The Labute approximate surface area is 139 Å². The summed E-state index contributed by atoms with van der Waals surface area (Å²) in [7, 11) is 0. The van der Waals surface area contributed by atoms with Gasteiger partial charge in [0.25, 0.3) is 0 Å². The van der Waals surface area contributed by atoms with Crippen LogP contribution in [0.5, 0.6) is 0 Å². The Morgan fingerprint density at radius 1 is 1.13 bits per heavy atom. The van der Waals surface area contributed by atoms with Crippen LogP contribution in [0.25, 0.3) is 11.6 Å². The average molecular weight is 328 g/mol. The molecule has 1 heterocycles. The van der Waals surface area contributed by atoms with Gasteiger partial charge in [-0.3, -0.25) is 4.68 Å². The Kier molecular flexibility index (Phi) is 4.83. The highest BCUT2D eigenvalue weighted by Crippen LogP contribution is 2.26. The molecule has 1 aromatic heterocycles. The molecule has 0 bridgehead atoms. The van der Waals surface area contributed by atoms with Crippen molar-refractivity contribution in [2.24, 2.45) is 0 Å². The molecule has 0 amide bonds. The molecule has 3 nitrogen and oxygen atoms in total. The zero-order valence-electron chi connectivity index (χ0n) is 12.4. The number of aryl methyl sites for hydroxylation is 1. The molecule has 0 saturated heterocycles. The van der Waals surface area contributed by atoms with Crippen molar-refractivity contribution in [2.45, 2.75) is 13.0 Å². The summed E-state index contributed by atoms with van der Waals surface area (Å²) >= 11 is 6.25. The van der Waals surface area contributed by atoms with Gasteiger partial charge in [0.2, 0.25) is 0 Å². The molecule has 0 aliphatic heterocycles. The maximum Gasteiger partial charge on any atom is 0.137 e. The van der Waals surface area contributed by atoms with Crippen molar-refractivity contribution >= 4 is 23.3 Å². The summed E-state index contributed by atoms with van der Waals surface area (Å²) in [6.45, 7) is 0.688. The van der Waals surface area contributed by atoms with E-state index in [9.17, 15) is 4.39 Å². The number of hydrogen-bond acceptors (Lipinski definition) is 2. The average Bonchev–Trinajstić information content (AvgIpc) is 3.07. The predicted molar refractivity (Wildman–Crippen MR) is 90.4 cm³/mol. The highest BCUT2D eigenvalue weighted by Gasteiger charge is 2.06. The molecule has 3 aromatic rings. The standard InChI is InChI=1S/C18H15ClFN3/c19-18-4-2-1-3-16(18)11-15(9-10-23-13-21-12-22-23)14-5-7-17(20)8-6-14/h1-8,11-13H,9-10H2/b15-11-. The van der Waals surface area contributed by atoms with Gasteiger partial charge in [0.05, 0.1) is 0 Å². The fraction of sp³-hybridized carbons (Fsp3) is 0.111. The second kappa shape index (κ2) is 7.20. The summed E-state index contributed by atoms with van der Waals surface area (Å²) in [6, 6.07) is 14.1. The molecule has 23 heavy (non-hydrogen) atoms. The van der Waals surface area contributed by atoms with Crippen molar-refractivity contribution < 1.29 is 4.39 Å². The number of nitrogens with zero attached hydrogens (tertiary/aromatic N) is 3. The van der Waals surface area contributed by atoms with Crippen molar-refractivity contribution in [1.29, 1.82) is 0 Å². The van der Waals surface area contributed by atoms with E-state index < -0.39 is 0 Å². The van der Waals surface area contributed by atoms with Gasteiger partial charge >= 0.3 is 0 Å². The molecule has 3 rings (SSSR count). The van der Waals surface area contributed by atoms with Crippen LogP contribution in [-0.2, 0) is 6.54 Å². The number of rotatable bonds is 5. The minimum Gasteiger partial charge on any atom is -0.253 e. The van der Waals surface area contributed by atoms with Crippen LogP contribution < -0.4 is 0 Å². The van der Waals surface area contributed by atoms with Crippen LogP contribution in [0.2, 0.25) is 5.02 Å². The van der Waals surface area contributed by atoms with Crippen LogP contribution >= 0.6 is 11.6 Å². The van der Waals surface area contributed by atoms with Gasteiger partial charge in [0.15, 0.2) is 0 Å². The van der Waals surface area contributed by atoms with E-state index >= 15 is 0 Å². The van der Waals surface area contributed by atoms with Gasteiger partial charge < -0.3 is 0 Å². The first kappa shape index (κ1) is 15.4. The lowest BCUT2D eigenvalue weighted by atomic mass is 10.00. The highest BCUT2D eigenvalue weighted by atomic mass is 35.5. The van der Waals surface area contributed by atoms with Gasteiger partial charge in [-0.05, 0) is 47.4 Å². The maximum absolute atomic E-state index is 13.2. The van der Waals surface area contributed by atoms with Crippen molar-refractivity contribution in [1.82, 2.24) is 14.8 Å². The Morgan fingerprint density at radius 3 is 2.61 bits per heavy atom. The molecule has 0 spiro atoms. The zero-order chi connectivity index (χ0) is 16.1. The first-order valence-electron chi connectivity index (χ1n) is 7.26. The molecule has 0 aliphatic carbocycles. The van der Waals surface area contributed by atoms with Gasteiger partial charge in [-0.2, -0.15) is 5.10 Å². The zero-order valence-corrected chi connectivity index (χ0v) is 13.1. The largest absolute Gasteiger partial charge is 0.253 e. The molecule has 0 fully saturated rings. The minimum atomic E-state index is -0.248. The lowest BCUT2D eigenvalue weighted by Crippen LogP contribution is -2.00. The molecule has 0 atom stereocenters. The van der Waals surface area contributed by atoms with E-state index in [1.54, 1.807) is 23.1 Å². The fourth-order valence-electron chi connectivity index (χ4n) is 2.33. The summed E-state index contributed by atoms with van der Waals surface area (Å²) in [5, 5.41) is 4.80. The van der Waals surface area contributed by atoms with Crippen LogP contribution in [0.15, 0.2) is 61.2 Å². The summed E-state index contributed by atoms with van der Waals surface area (Å²) in [4.78, 5) is 3.94. The van der Waals surface area contributed by atoms with Gasteiger partial charge in [-0.25, -0.2) is 9.37 Å². The molecular weight excluding hydrogens is 313 g/mol. The lowest BCUT2D eigenvalue weighted by Gasteiger charge is -2.09. The Hall–Kier alpha value is -2.46. The number of allylic oxidation sites excluding steroid dienone is 1. The molecule has 0 saturated carbocycles. The monoisotopic (exact) mass is 327 g/mol. The topological polar surface area (TPSA) is 30.7 Å². The molecule has 2 aromatic carbocycles. The smallest absolute Gasteiger partial charge is 0.137 e. The van der Waals surface area contributed by atoms with E-state index in [1.165, 1.54) is 18.5 Å². The molecule has 0 radical (unpaired) electrons. The van der Waals surface area contributed by atoms with Crippen LogP contribution in [0, 0.1) is 5.82 Å². The molecule has 0 aliphatic rings. The van der Waals surface area contributed by atoms with Crippen molar-refractivity contribution in [3.8, 4) is 0 Å². The Bertz CT molecular complexity index is 795. The van der Waals surface area contributed by atoms with Crippen LogP contribution in [-0.4, -0.2) is 14.8 Å². The third kappa shape index (κ3) is 4.05. The molecular formula is C18H15ClFN3. The van der Waals surface area contributed by atoms with E-state index in [-0.39, 0.29) is 5.82 Å². The van der Waals surface area contributed by atoms with Crippen molar-refractivity contribution in [3.05, 3.63) is 83.2 Å². The lowest BCUT2D eigenvalue weighted by molar-refractivity contribution is 0.624. The van der Waals surface area contributed by atoms with Gasteiger partial charge in [-0.15, -0.1) is 0 Å². The van der Waals surface area contributed by atoms with E-state index in [1.807, 2.05) is 30.3 Å². The summed E-state index contributed by atoms with van der Waals surface area (Å²) < 4.78 is 15.0. The minimum absolute atomic E-state index is 0.248. The number of halogens is 2. The van der Waals surface area contributed by atoms with E-state index in [0.717, 1.165) is 23.1 Å². The third-order valence-corrected chi connectivity index (χ3v) is 3.87. The Balaban J connectivity index is 1.92. The second-order valence-electron chi connectivity index (χ2n) is 5.11.